The molecule has 2 atom stereocenters. The fraction of sp³-hybridized carbons (Fsp3) is 0.471. The summed E-state index contributed by atoms with van der Waals surface area (Å²) in [7, 11) is 0. The van der Waals surface area contributed by atoms with Crippen LogP contribution in [0.3, 0.4) is 0 Å². The predicted octanol–water partition coefficient (Wildman–Crippen LogP) is 2.90. The number of amides is 1. The monoisotopic (exact) mass is 360 g/mol. The quantitative estimate of drug-likeness (QED) is 0.908. The summed E-state index contributed by atoms with van der Waals surface area (Å²) in [5.41, 5.74) is 0. The van der Waals surface area contributed by atoms with Crippen LogP contribution in [0.4, 0.5) is 0 Å². The van der Waals surface area contributed by atoms with Gasteiger partial charge >= 0.3 is 0 Å². The molecule has 1 N–H and O–H groups in total. The first-order valence-corrected chi connectivity index (χ1v) is 9.95. The zero-order chi connectivity index (χ0) is 16.5. The molecule has 0 saturated carbocycles. The lowest BCUT2D eigenvalue weighted by Crippen LogP contribution is -2.62. The predicted molar refractivity (Wildman–Crippen MR) is 95.5 cm³/mol. The number of piperidine rings is 3. The first-order chi connectivity index (χ1) is 11.7. The Labute approximate surface area is 149 Å². The third kappa shape index (κ3) is 3.20. The van der Waals surface area contributed by atoms with E-state index >= 15 is 0 Å². The minimum atomic E-state index is -0.0852. The number of hydrogen-bond donors (Lipinski definition) is 1. The van der Waals surface area contributed by atoms with E-state index in [2.05, 4.69) is 27.3 Å². The summed E-state index contributed by atoms with van der Waals surface area (Å²) >= 11 is 2.90. The Bertz CT molecular complexity index is 710. The van der Waals surface area contributed by atoms with Crippen LogP contribution in [-0.4, -0.2) is 46.2 Å². The largest absolute Gasteiger partial charge is 0.345 e. The van der Waals surface area contributed by atoms with Gasteiger partial charge in [0.05, 0.1) is 0 Å². The maximum atomic E-state index is 12.6. The highest BCUT2D eigenvalue weighted by molar-refractivity contribution is 8.01. The van der Waals surface area contributed by atoms with Gasteiger partial charge in [-0.25, -0.2) is 0 Å². The summed E-state index contributed by atoms with van der Waals surface area (Å²) in [5, 5.41) is 11.9. The van der Waals surface area contributed by atoms with E-state index in [9.17, 15) is 4.79 Å². The molecule has 2 aromatic rings. The van der Waals surface area contributed by atoms with Crippen molar-refractivity contribution < 1.29 is 4.79 Å². The van der Waals surface area contributed by atoms with Gasteiger partial charge in [0, 0.05) is 17.0 Å². The summed E-state index contributed by atoms with van der Waals surface area (Å²) in [4.78, 5) is 16.1. The van der Waals surface area contributed by atoms with Crippen molar-refractivity contribution >= 4 is 29.0 Å². The molecule has 5 rings (SSSR count). The van der Waals surface area contributed by atoms with Crippen LogP contribution in [0.25, 0.3) is 0 Å². The van der Waals surface area contributed by atoms with Gasteiger partial charge in [-0.1, -0.05) is 41.3 Å². The van der Waals surface area contributed by atoms with E-state index in [1.165, 1.54) is 24.2 Å². The minimum Gasteiger partial charge on any atom is -0.345 e. The Morgan fingerprint density at radius 3 is 2.71 bits per heavy atom. The summed E-state index contributed by atoms with van der Waals surface area (Å²) < 4.78 is 0.799. The van der Waals surface area contributed by atoms with Gasteiger partial charge in [-0.2, -0.15) is 0 Å². The molecule has 1 aromatic heterocycles. The standard InChI is InChI=1S/C17H20N4OS2/c1-11-14(12-7-9-21(11)10-8-12)18-15(22)16-19-20-17(24-16)23-13-5-3-2-4-6-13/h2-6,11-12,14H,7-10H2,1H3,(H,18,22)/t11-,14-/m0/s1. The van der Waals surface area contributed by atoms with Crippen molar-refractivity contribution in [3.63, 3.8) is 0 Å². The van der Waals surface area contributed by atoms with Crippen LogP contribution in [0.15, 0.2) is 39.6 Å². The minimum absolute atomic E-state index is 0.0852. The Morgan fingerprint density at radius 1 is 1.25 bits per heavy atom. The number of fused-ring (bicyclic) bond motifs is 3. The molecule has 3 fully saturated rings. The number of nitrogens with one attached hydrogen (secondary N) is 1. The van der Waals surface area contributed by atoms with Gasteiger partial charge < -0.3 is 5.32 Å². The van der Waals surface area contributed by atoms with Gasteiger partial charge in [-0.15, -0.1) is 10.2 Å². The van der Waals surface area contributed by atoms with Crippen LogP contribution in [0.2, 0.25) is 0 Å². The normalized spacial score (nSPS) is 28.7. The molecule has 3 aliphatic rings. The van der Waals surface area contributed by atoms with Crippen LogP contribution in [-0.2, 0) is 0 Å². The fourth-order valence-corrected chi connectivity index (χ4v) is 5.44. The van der Waals surface area contributed by atoms with E-state index in [1.54, 1.807) is 11.8 Å². The van der Waals surface area contributed by atoms with E-state index in [4.69, 9.17) is 0 Å². The Balaban J connectivity index is 1.42. The zero-order valence-electron chi connectivity index (χ0n) is 13.5. The van der Waals surface area contributed by atoms with Gasteiger partial charge in [0.1, 0.15) is 0 Å². The molecule has 3 saturated heterocycles. The third-order valence-electron chi connectivity index (χ3n) is 5.02. The second kappa shape index (κ2) is 6.82. The van der Waals surface area contributed by atoms with Crippen molar-refractivity contribution in [1.29, 1.82) is 0 Å². The molecule has 4 heterocycles. The molecule has 0 aliphatic carbocycles. The average Bonchev–Trinajstić information content (AvgIpc) is 3.08. The van der Waals surface area contributed by atoms with Crippen LogP contribution in [0.1, 0.15) is 29.6 Å². The van der Waals surface area contributed by atoms with Crippen LogP contribution < -0.4 is 5.32 Å². The van der Waals surface area contributed by atoms with E-state index in [-0.39, 0.29) is 11.9 Å². The molecule has 0 spiro atoms. The van der Waals surface area contributed by atoms with Crippen molar-refractivity contribution in [2.24, 2.45) is 5.92 Å². The molecule has 126 valence electrons. The lowest BCUT2D eigenvalue weighted by Gasteiger charge is -2.49. The van der Waals surface area contributed by atoms with E-state index in [1.807, 2.05) is 30.3 Å². The smallest absolute Gasteiger partial charge is 0.282 e. The van der Waals surface area contributed by atoms with Crippen molar-refractivity contribution in [2.75, 3.05) is 13.1 Å². The summed E-state index contributed by atoms with van der Waals surface area (Å²) in [6.07, 6.45) is 2.36. The fourth-order valence-electron chi connectivity index (χ4n) is 3.69. The number of nitrogens with zero attached hydrogens (tertiary/aromatic N) is 3. The van der Waals surface area contributed by atoms with Gasteiger partial charge in [-0.05, 0) is 50.9 Å². The first-order valence-electron chi connectivity index (χ1n) is 8.32. The summed E-state index contributed by atoms with van der Waals surface area (Å²) in [6, 6.07) is 10.7. The van der Waals surface area contributed by atoms with Crippen LogP contribution >= 0.6 is 23.1 Å². The molecule has 1 amide bonds. The topological polar surface area (TPSA) is 58.1 Å². The van der Waals surface area contributed by atoms with Gasteiger partial charge in [0.2, 0.25) is 5.01 Å². The maximum absolute atomic E-state index is 12.6. The molecule has 3 aliphatic heterocycles. The average molecular weight is 361 g/mol. The Morgan fingerprint density at radius 2 is 2.00 bits per heavy atom. The van der Waals surface area contributed by atoms with E-state index in [0.717, 1.165) is 22.3 Å². The molecular weight excluding hydrogens is 340 g/mol. The highest BCUT2D eigenvalue weighted by atomic mass is 32.2. The van der Waals surface area contributed by atoms with Crippen molar-refractivity contribution in [2.45, 2.75) is 41.1 Å². The van der Waals surface area contributed by atoms with Gasteiger partial charge in [0.15, 0.2) is 4.34 Å². The summed E-state index contributed by atoms with van der Waals surface area (Å²) in [6.45, 7) is 4.54. The molecule has 2 bridgehead atoms. The van der Waals surface area contributed by atoms with E-state index in [0.29, 0.717) is 17.0 Å². The molecule has 1 aromatic carbocycles. The number of hydrogen-bond acceptors (Lipinski definition) is 6. The number of benzene rings is 1. The number of carbonyl (C=O) groups is 1. The number of carbonyl (C=O) groups excluding carboxylic acids is 1. The number of rotatable bonds is 4. The highest BCUT2D eigenvalue weighted by Crippen LogP contribution is 2.33. The van der Waals surface area contributed by atoms with Crippen LogP contribution in [0.5, 0.6) is 0 Å². The van der Waals surface area contributed by atoms with Gasteiger partial charge in [-0.3, -0.25) is 9.69 Å². The van der Waals surface area contributed by atoms with Crippen molar-refractivity contribution in [1.82, 2.24) is 20.4 Å². The van der Waals surface area contributed by atoms with E-state index < -0.39 is 0 Å². The lowest BCUT2D eigenvalue weighted by atomic mass is 9.79. The SMILES string of the molecule is C[C@H]1[C@H](NC(=O)c2nnc(Sc3ccccc3)s2)C2CCN1CC2. The molecule has 5 nitrogen and oxygen atoms in total. The second-order valence-corrected chi connectivity index (χ2v) is 8.70. The molecule has 24 heavy (non-hydrogen) atoms. The molecule has 0 radical (unpaired) electrons. The Kier molecular flexibility index (Phi) is 4.56. The maximum Gasteiger partial charge on any atom is 0.282 e. The summed E-state index contributed by atoms with van der Waals surface area (Å²) in [5.74, 6) is 0.512. The highest BCUT2D eigenvalue weighted by Gasteiger charge is 2.40. The molecule has 7 heteroatoms. The van der Waals surface area contributed by atoms with Crippen molar-refractivity contribution in [3.8, 4) is 0 Å². The zero-order valence-corrected chi connectivity index (χ0v) is 15.1. The lowest BCUT2D eigenvalue weighted by molar-refractivity contribution is 0.0217. The second-order valence-electron chi connectivity index (χ2n) is 6.40. The molecular formula is C17H20N4OS2. The number of aromatic nitrogens is 2. The third-order valence-corrected chi connectivity index (χ3v) is 7.01. The van der Waals surface area contributed by atoms with Gasteiger partial charge in [0.25, 0.3) is 5.91 Å². The molecule has 0 unspecified atom stereocenters. The Hall–Kier alpha value is -1.44. The van der Waals surface area contributed by atoms with Crippen LogP contribution in [0, 0.1) is 5.92 Å². The van der Waals surface area contributed by atoms with Crippen molar-refractivity contribution in [3.05, 3.63) is 35.3 Å². The first kappa shape index (κ1) is 16.1.